The smallest absolute Gasteiger partial charge is 0.382 e. The van der Waals surface area contributed by atoms with Crippen LogP contribution in [0.1, 0.15) is 30.4 Å². The van der Waals surface area contributed by atoms with Crippen LogP contribution in [0.15, 0.2) is 18.2 Å². The molecule has 1 unspecified atom stereocenters. The summed E-state index contributed by atoms with van der Waals surface area (Å²) in [7, 11) is 0. The molecule has 5 heteroatoms. The Kier molecular flexibility index (Phi) is 4.34. The minimum atomic E-state index is -4.29. The quantitative estimate of drug-likeness (QED) is 0.879. The number of hydrogen-bond acceptors (Lipinski definition) is 2. The lowest BCUT2D eigenvalue weighted by molar-refractivity contribution is -0.137. The average molecular weight is 273 g/mol. The van der Waals surface area contributed by atoms with Crippen LogP contribution in [0.2, 0.25) is 0 Å². The van der Waals surface area contributed by atoms with Crippen molar-refractivity contribution in [3.05, 3.63) is 29.3 Å². The van der Waals surface area contributed by atoms with Crippen LogP contribution in [0.4, 0.5) is 18.9 Å². The molecule has 106 valence electrons. The highest BCUT2D eigenvalue weighted by Gasteiger charge is 2.31. The summed E-state index contributed by atoms with van der Waals surface area (Å²) < 4.78 is 43.4. The molecule has 1 aromatic rings. The fraction of sp³-hybridized carbons (Fsp3) is 0.571. The molecule has 2 rings (SSSR count). The number of hydrogen-bond donors (Lipinski definition) is 1. The number of alkyl halides is 3. The molecule has 1 aliphatic heterocycles. The maximum atomic E-state index is 12.7. The molecule has 2 nitrogen and oxygen atoms in total. The van der Waals surface area contributed by atoms with E-state index in [-0.39, 0.29) is 6.04 Å². The zero-order chi connectivity index (χ0) is 13.9. The number of rotatable bonds is 2. The van der Waals surface area contributed by atoms with Gasteiger partial charge in [-0.05, 0) is 43.9 Å². The highest BCUT2D eigenvalue weighted by molar-refractivity contribution is 5.53. The minimum Gasteiger partial charge on any atom is -0.382 e. The van der Waals surface area contributed by atoms with Crippen molar-refractivity contribution in [3.8, 4) is 0 Å². The zero-order valence-electron chi connectivity index (χ0n) is 10.9. The van der Waals surface area contributed by atoms with Gasteiger partial charge in [0.2, 0.25) is 0 Å². The second-order valence-corrected chi connectivity index (χ2v) is 4.91. The monoisotopic (exact) mass is 273 g/mol. The third-order valence-electron chi connectivity index (χ3n) is 3.38. The molecule has 0 bridgehead atoms. The summed E-state index contributed by atoms with van der Waals surface area (Å²) in [6.45, 7) is 3.21. The maximum absolute atomic E-state index is 12.7. The Balaban J connectivity index is 2.14. The average Bonchev–Trinajstić information content (AvgIpc) is 2.59. The molecule has 1 heterocycles. The van der Waals surface area contributed by atoms with E-state index >= 15 is 0 Å². The molecule has 19 heavy (non-hydrogen) atoms. The summed E-state index contributed by atoms with van der Waals surface area (Å²) in [4.78, 5) is 0. The molecule has 0 radical (unpaired) electrons. The lowest BCUT2D eigenvalue weighted by atomic mass is 10.1. The zero-order valence-corrected chi connectivity index (χ0v) is 10.9. The van der Waals surface area contributed by atoms with Gasteiger partial charge in [0, 0.05) is 24.9 Å². The van der Waals surface area contributed by atoms with Crippen molar-refractivity contribution in [3.63, 3.8) is 0 Å². The fourth-order valence-corrected chi connectivity index (χ4v) is 2.22. The first kappa shape index (κ1) is 14.2. The van der Waals surface area contributed by atoms with Gasteiger partial charge >= 0.3 is 6.18 Å². The number of halogens is 3. The SMILES string of the molecule is Cc1ccc(C(F)(F)F)cc1NC1CCCOCC1. The largest absolute Gasteiger partial charge is 0.416 e. The first-order valence-electron chi connectivity index (χ1n) is 6.49. The number of nitrogens with one attached hydrogen (secondary N) is 1. The molecule has 0 amide bonds. The lowest BCUT2D eigenvalue weighted by Crippen LogP contribution is -2.20. The van der Waals surface area contributed by atoms with Gasteiger partial charge < -0.3 is 10.1 Å². The second kappa shape index (κ2) is 5.82. The molecule has 0 saturated carbocycles. The van der Waals surface area contributed by atoms with Gasteiger partial charge in [-0.2, -0.15) is 13.2 Å². The van der Waals surface area contributed by atoms with Gasteiger partial charge in [-0.25, -0.2) is 0 Å². The predicted octanol–water partition coefficient (Wildman–Crippen LogP) is 3.99. The molecule has 0 aromatic heterocycles. The lowest BCUT2D eigenvalue weighted by Gasteiger charge is -2.20. The Bertz CT molecular complexity index is 423. The van der Waals surface area contributed by atoms with Crippen LogP contribution < -0.4 is 5.32 Å². The third-order valence-corrected chi connectivity index (χ3v) is 3.38. The number of aryl methyl sites for hydroxylation is 1. The highest BCUT2D eigenvalue weighted by atomic mass is 19.4. The standard InChI is InChI=1S/C14H18F3NO/c1-10-4-5-11(14(15,16)17)9-13(10)18-12-3-2-7-19-8-6-12/h4-5,9,12,18H,2-3,6-8H2,1H3. The number of anilines is 1. The Morgan fingerprint density at radius 2 is 2.00 bits per heavy atom. The third kappa shape index (κ3) is 3.86. The van der Waals surface area contributed by atoms with E-state index < -0.39 is 11.7 Å². The van der Waals surface area contributed by atoms with Crippen molar-refractivity contribution in [1.82, 2.24) is 0 Å². The van der Waals surface area contributed by atoms with E-state index in [0.717, 1.165) is 37.5 Å². The van der Waals surface area contributed by atoms with Gasteiger partial charge in [0.15, 0.2) is 0 Å². The summed E-state index contributed by atoms with van der Waals surface area (Å²) in [6.07, 6.45) is -1.60. The number of ether oxygens (including phenoxy) is 1. The van der Waals surface area contributed by atoms with Crippen LogP contribution >= 0.6 is 0 Å². The van der Waals surface area contributed by atoms with E-state index in [0.29, 0.717) is 12.3 Å². The fourth-order valence-electron chi connectivity index (χ4n) is 2.22. The van der Waals surface area contributed by atoms with Gasteiger partial charge in [-0.3, -0.25) is 0 Å². The molecule has 1 N–H and O–H groups in total. The molecule has 1 fully saturated rings. The van der Waals surface area contributed by atoms with Gasteiger partial charge in [0.25, 0.3) is 0 Å². The van der Waals surface area contributed by atoms with Gasteiger partial charge in [-0.1, -0.05) is 6.07 Å². The Morgan fingerprint density at radius 1 is 1.21 bits per heavy atom. The molecule has 1 saturated heterocycles. The molecule has 1 aliphatic rings. The van der Waals surface area contributed by atoms with E-state index in [1.165, 1.54) is 12.1 Å². The van der Waals surface area contributed by atoms with E-state index in [4.69, 9.17) is 4.74 Å². The van der Waals surface area contributed by atoms with Crippen molar-refractivity contribution in [2.45, 2.75) is 38.4 Å². The Labute approximate surface area is 111 Å². The van der Waals surface area contributed by atoms with Crippen LogP contribution in [0.25, 0.3) is 0 Å². The predicted molar refractivity (Wildman–Crippen MR) is 68.3 cm³/mol. The normalized spacial score (nSPS) is 20.9. The summed E-state index contributed by atoms with van der Waals surface area (Å²) >= 11 is 0. The van der Waals surface area contributed by atoms with E-state index in [9.17, 15) is 13.2 Å². The topological polar surface area (TPSA) is 21.3 Å². The van der Waals surface area contributed by atoms with Gasteiger partial charge in [0.1, 0.15) is 0 Å². The summed E-state index contributed by atoms with van der Waals surface area (Å²) in [5, 5.41) is 3.22. The first-order valence-corrected chi connectivity index (χ1v) is 6.49. The van der Waals surface area contributed by atoms with Gasteiger partial charge in [-0.15, -0.1) is 0 Å². The van der Waals surface area contributed by atoms with Crippen molar-refractivity contribution < 1.29 is 17.9 Å². The summed E-state index contributed by atoms with van der Waals surface area (Å²) in [6, 6.07) is 4.01. The van der Waals surface area contributed by atoms with E-state index in [2.05, 4.69) is 5.32 Å². The van der Waals surface area contributed by atoms with Gasteiger partial charge in [0.05, 0.1) is 5.56 Å². The Morgan fingerprint density at radius 3 is 2.74 bits per heavy atom. The maximum Gasteiger partial charge on any atom is 0.416 e. The minimum absolute atomic E-state index is 0.185. The van der Waals surface area contributed by atoms with Crippen molar-refractivity contribution in [2.24, 2.45) is 0 Å². The van der Waals surface area contributed by atoms with Crippen LogP contribution in [0.5, 0.6) is 0 Å². The van der Waals surface area contributed by atoms with Crippen LogP contribution in [-0.2, 0) is 10.9 Å². The second-order valence-electron chi connectivity index (χ2n) is 4.91. The van der Waals surface area contributed by atoms with E-state index in [1.807, 2.05) is 6.92 Å². The first-order chi connectivity index (χ1) is 8.97. The summed E-state index contributed by atoms with van der Waals surface area (Å²) in [5.74, 6) is 0. The van der Waals surface area contributed by atoms with E-state index in [1.54, 1.807) is 0 Å². The molecular formula is C14H18F3NO. The van der Waals surface area contributed by atoms with Crippen molar-refractivity contribution >= 4 is 5.69 Å². The van der Waals surface area contributed by atoms with Crippen molar-refractivity contribution in [2.75, 3.05) is 18.5 Å². The molecule has 0 aliphatic carbocycles. The van der Waals surface area contributed by atoms with Crippen LogP contribution in [0, 0.1) is 6.92 Å². The molecule has 1 aromatic carbocycles. The molecule has 0 spiro atoms. The molecule has 1 atom stereocenters. The highest BCUT2D eigenvalue weighted by Crippen LogP contribution is 2.32. The van der Waals surface area contributed by atoms with Crippen LogP contribution in [0.3, 0.4) is 0 Å². The summed E-state index contributed by atoms with van der Waals surface area (Å²) in [5.41, 5.74) is 0.797. The molecular weight excluding hydrogens is 255 g/mol. The number of benzene rings is 1. The van der Waals surface area contributed by atoms with Crippen molar-refractivity contribution in [1.29, 1.82) is 0 Å². The Hall–Kier alpha value is -1.23. The van der Waals surface area contributed by atoms with Crippen LogP contribution in [-0.4, -0.2) is 19.3 Å².